The molecule has 0 atom stereocenters. The molecule has 2 aromatic carbocycles. The van der Waals surface area contributed by atoms with Crippen LogP contribution in [0.2, 0.25) is 0 Å². The number of carbonyl (C=O) groups is 2. The molecule has 0 aliphatic rings. The summed E-state index contributed by atoms with van der Waals surface area (Å²) in [7, 11) is -1.10. The standard InChI is InChI=1S/C17H17NO5S/c1-18(15-11-7-6-10-14(15)17(20)23-2)16(19)12-24(21,22)13-8-4-3-5-9-13/h3-11H,12H2,1-2H3. The van der Waals surface area contributed by atoms with Gasteiger partial charge in [0.05, 0.1) is 23.3 Å². The SMILES string of the molecule is COC(=O)c1ccccc1N(C)C(=O)CS(=O)(=O)c1ccccc1. The Labute approximate surface area is 140 Å². The molecule has 0 aromatic heterocycles. The monoisotopic (exact) mass is 347 g/mol. The fourth-order valence-electron chi connectivity index (χ4n) is 2.15. The van der Waals surface area contributed by atoms with Crippen molar-refractivity contribution in [2.24, 2.45) is 0 Å². The maximum absolute atomic E-state index is 12.4. The summed E-state index contributed by atoms with van der Waals surface area (Å²) in [5, 5.41) is 0. The van der Waals surface area contributed by atoms with Crippen molar-refractivity contribution in [3.05, 3.63) is 60.2 Å². The Morgan fingerprint density at radius 1 is 1.00 bits per heavy atom. The minimum absolute atomic E-state index is 0.0769. The number of anilines is 1. The van der Waals surface area contributed by atoms with E-state index < -0.39 is 27.5 Å². The molecule has 6 nitrogen and oxygen atoms in total. The minimum Gasteiger partial charge on any atom is -0.465 e. The number of para-hydroxylation sites is 1. The average molecular weight is 347 g/mol. The zero-order valence-electron chi connectivity index (χ0n) is 13.3. The number of hydrogen-bond donors (Lipinski definition) is 0. The van der Waals surface area contributed by atoms with Gasteiger partial charge in [0, 0.05) is 7.05 Å². The highest BCUT2D eigenvalue weighted by Gasteiger charge is 2.24. The van der Waals surface area contributed by atoms with Crippen molar-refractivity contribution in [3.8, 4) is 0 Å². The van der Waals surface area contributed by atoms with Crippen LogP contribution in [-0.2, 0) is 19.4 Å². The third-order valence-corrected chi connectivity index (χ3v) is 5.08. The fourth-order valence-corrected chi connectivity index (χ4v) is 3.41. The molecule has 1 amide bonds. The van der Waals surface area contributed by atoms with Crippen LogP contribution in [0.25, 0.3) is 0 Å². The third kappa shape index (κ3) is 3.80. The van der Waals surface area contributed by atoms with E-state index >= 15 is 0 Å². The Morgan fingerprint density at radius 2 is 1.58 bits per heavy atom. The van der Waals surface area contributed by atoms with Gasteiger partial charge in [-0.15, -0.1) is 0 Å². The summed E-state index contributed by atoms with van der Waals surface area (Å²) in [6.45, 7) is 0. The molecule has 0 bridgehead atoms. The van der Waals surface area contributed by atoms with E-state index in [-0.39, 0.29) is 16.1 Å². The van der Waals surface area contributed by atoms with Crippen LogP contribution < -0.4 is 4.90 Å². The number of amides is 1. The Hall–Kier alpha value is -2.67. The van der Waals surface area contributed by atoms with Gasteiger partial charge in [0.2, 0.25) is 5.91 Å². The Bertz CT molecular complexity index is 846. The summed E-state index contributed by atoms with van der Waals surface area (Å²) >= 11 is 0. The normalized spacial score (nSPS) is 10.9. The highest BCUT2D eigenvalue weighted by atomic mass is 32.2. The highest BCUT2D eigenvalue weighted by molar-refractivity contribution is 7.92. The first kappa shape index (κ1) is 17.7. The molecule has 0 N–H and O–H groups in total. The number of sulfone groups is 1. The van der Waals surface area contributed by atoms with Crippen LogP contribution in [0.15, 0.2) is 59.5 Å². The second kappa shape index (κ2) is 7.27. The second-order valence-electron chi connectivity index (χ2n) is 5.03. The van der Waals surface area contributed by atoms with Gasteiger partial charge >= 0.3 is 5.97 Å². The molecule has 0 saturated heterocycles. The maximum atomic E-state index is 12.4. The first-order valence-electron chi connectivity index (χ1n) is 7.08. The van der Waals surface area contributed by atoms with E-state index in [1.807, 2.05) is 0 Å². The zero-order chi connectivity index (χ0) is 17.7. The maximum Gasteiger partial charge on any atom is 0.339 e. The van der Waals surface area contributed by atoms with Gasteiger partial charge in [-0.05, 0) is 24.3 Å². The lowest BCUT2D eigenvalue weighted by Crippen LogP contribution is -2.33. The van der Waals surface area contributed by atoms with E-state index in [1.54, 1.807) is 36.4 Å². The number of nitrogens with zero attached hydrogens (tertiary/aromatic N) is 1. The molecule has 0 spiro atoms. The minimum atomic E-state index is -3.76. The lowest BCUT2D eigenvalue weighted by Gasteiger charge is -2.19. The number of esters is 1. The van der Waals surface area contributed by atoms with Crippen molar-refractivity contribution in [1.82, 2.24) is 0 Å². The predicted octanol–water partition coefficient (Wildman–Crippen LogP) is 1.91. The number of methoxy groups -OCH3 is 1. The van der Waals surface area contributed by atoms with Crippen molar-refractivity contribution in [2.45, 2.75) is 4.90 Å². The Morgan fingerprint density at radius 3 is 2.21 bits per heavy atom. The average Bonchev–Trinajstić information content (AvgIpc) is 2.60. The first-order valence-corrected chi connectivity index (χ1v) is 8.74. The number of hydrogen-bond acceptors (Lipinski definition) is 5. The summed E-state index contributed by atoms with van der Waals surface area (Å²) in [6.07, 6.45) is 0. The van der Waals surface area contributed by atoms with Crippen molar-refractivity contribution in [3.63, 3.8) is 0 Å². The smallest absolute Gasteiger partial charge is 0.339 e. The molecule has 0 unspecified atom stereocenters. The molecule has 0 saturated carbocycles. The van der Waals surface area contributed by atoms with Gasteiger partial charge in [-0.2, -0.15) is 0 Å². The van der Waals surface area contributed by atoms with E-state index in [0.29, 0.717) is 0 Å². The third-order valence-electron chi connectivity index (χ3n) is 3.46. The quantitative estimate of drug-likeness (QED) is 0.772. The number of carbonyl (C=O) groups excluding carboxylic acids is 2. The van der Waals surface area contributed by atoms with E-state index in [4.69, 9.17) is 0 Å². The van der Waals surface area contributed by atoms with E-state index in [1.165, 1.54) is 32.4 Å². The molecular weight excluding hydrogens is 330 g/mol. The summed E-state index contributed by atoms with van der Waals surface area (Å²) in [6, 6.07) is 14.1. The Balaban J connectivity index is 2.27. The van der Waals surface area contributed by atoms with Gasteiger partial charge < -0.3 is 9.64 Å². The van der Waals surface area contributed by atoms with Gasteiger partial charge in [0.25, 0.3) is 0 Å². The lowest BCUT2D eigenvalue weighted by atomic mass is 10.1. The van der Waals surface area contributed by atoms with Gasteiger partial charge in [-0.1, -0.05) is 30.3 Å². The van der Waals surface area contributed by atoms with Crippen molar-refractivity contribution in [2.75, 3.05) is 24.8 Å². The molecule has 2 rings (SSSR count). The highest BCUT2D eigenvalue weighted by Crippen LogP contribution is 2.21. The van der Waals surface area contributed by atoms with Crippen molar-refractivity contribution < 1.29 is 22.7 Å². The summed E-state index contributed by atoms with van der Waals surface area (Å²) in [5.41, 5.74) is 0.477. The first-order chi connectivity index (χ1) is 11.4. The van der Waals surface area contributed by atoms with E-state index in [9.17, 15) is 18.0 Å². The topological polar surface area (TPSA) is 80.8 Å². The molecule has 0 fully saturated rings. The molecule has 126 valence electrons. The number of benzene rings is 2. The molecule has 2 aromatic rings. The molecule has 7 heteroatoms. The predicted molar refractivity (Wildman–Crippen MR) is 89.7 cm³/mol. The molecule has 0 radical (unpaired) electrons. The zero-order valence-corrected chi connectivity index (χ0v) is 14.1. The number of rotatable bonds is 5. The van der Waals surface area contributed by atoms with Crippen LogP contribution in [0.3, 0.4) is 0 Å². The van der Waals surface area contributed by atoms with Crippen molar-refractivity contribution in [1.29, 1.82) is 0 Å². The van der Waals surface area contributed by atoms with Gasteiger partial charge in [0.1, 0.15) is 5.75 Å². The Kier molecular flexibility index (Phi) is 5.35. The van der Waals surface area contributed by atoms with Crippen LogP contribution in [0, 0.1) is 0 Å². The van der Waals surface area contributed by atoms with Crippen molar-refractivity contribution >= 4 is 27.4 Å². The van der Waals surface area contributed by atoms with Gasteiger partial charge in [0.15, 0.2) is 9.84 Å². The second-order valence-corrected chi connectivity index (χ2v) is 7.02. The molecule has 24 heavy (non-hydrogen) atoms. The molecule has 0 aliphatic carbocycles. The molecular formula is C17H17NO5S. The summed E-state index contributed by atoms with van der Waals surface area (Å²) in [5.74, 6) is -1.94. The van der Waals surface area contributed by atoms with Gasteiger partial charge in [-0.25, -0.2) is 13.2 Å². The van der Waals surface area contributed by atoms with Gasteiger partial charge in [-0.3, -0.25) is 4.79 Å². The van der Waals surface area contributed by atoms with Crippen LogP contribution in [0.4, 0.5) is 5.69 Å². The molecule has 0 heterocycles. The van der Waals surface area contributed by atoms with E-state index in [0.717, 1.165) is 4.90 Å². The van der Waals surface area contributed by atoms with Crippen LogP contribution >= 0.6 is 0 Å². The summed E-state index contributed by atoms with van der Waals surface area (Å²) < 4.78 is 29.3. The van der Waals surface area contributed by atoms with Crippen LogP contribution in [0.5, 0.6) is 0 Å². The van der Waals surface area contributed by atoms with Crippen LogP contribution in [0.1, 0.15) is 10.4 Å². The summed E-state index contributed by atoms with van der Waals surface area (Å²) in [4.78, 5) is 25.4. The lowest BCUT2D eigenvalue weighted by molar-refractivity contribution is -0.115. The molecule has 0 aliphatic heterocycles. The largest absolute Gasteiger partial charge is 0.465 e. The van der Waals surface area contributed by atoms with E-state index in [2.05, 4.69) is 4.74 Å². The van der Waals surface area contributed by atoms with Crippen LogP contribution in [-0.4, -0.2) is 40.2 Å². The fraction of sp³-hybridized carbons (Fsp3) is 0.176. The number of ether oxygens (including phenoxy) is 1.